The Bertz CT molecular complexity index is 1470. The van der Waals surface area contributed by atoms with Crippen molar-refractivity contribution in [3.05, 3.63) is 58.2 Å². The van der Waals surface area contributed by atoms with Crippen molar-refractivity contribution in [2.45, 2.75) is 50.4 Å². The number of ether oxygens (including phenoxy) is 1. The molecule has 0 aliphatic carbocycles. The number of benzene rings is 1. The monoisotopic (exact) mass is 641 g/mol. The zero-order chi connectivity index (χ0) is 31.9. The zero-order valence-electron chi connectivity index (χ0n) is 22.8. The molecule has 2 aromatic heterocycles. The van der Waals surface area contributed by atoms with Crippen molar-refractivity contribution >= 4 is 46.9 Å². The number of carboxylic acid groups (broad SMARTS) is 3. The van der Waals surface area contributed by atoms with Crippen LogP contribution in [-0.4, -0.2) is 71.8 Å². The van der Waals surface area contributed by atoms with Crippen molar-refractivity contribution in [1.29, 1.82) is 0 Å². The summed E-state index contributed by atoms with van der Waals surface area (Å²) in [6.07, 6.45) is 4.67. The fourth-order valence-corrected chi connectivity index (χ4v) is 5.02. The van der Waals surface area contributed by atoms with Gasteiger partial charge in [0, 0.05) is 34.1 Å². The number of aliphatic carboxylic acids is 3. The molecule has 1 aliphatic heterocycles. The van der Waals surface area contributed by atoms with Gasteiger partial charge in [0.25, 0.3) is 0 Å². The number of aliphatic hydroxyl groups is 1. The predicted octanol–water partition coefficient (Wildman–Crippen LogP) is 3.79. The Morgan fingerprint density at radius 3 is 2.35 bits per heavy atom. The molecule has 43 heavy (non-hydrogen) atoms. The minimum atomic E-state index is -2.74. The normalized spacial score (nSPS) is 14.3. The molecule has 16 heteroatoms. The Morgan fingerprint density at radius 2 is 1.77 bits per heavy atom. The Kier molecular flexibility index (Phi) is 11.3. The van der Waals surface area contributed by atoms with Crippen molar-refractivity contribution in [3.8, 4) is 16.9 Å². The Balaban J connectivity index is 0.000000331. The second-order valence-electron chi connectivity index (χ2n) is 9.79. The van der Waals surface area contributed by atoms with Crippen LogP contribution in [0.25, 0.3) is 11.1 Å². The molecule has 0 bridgehead atoms. The number of hydrogen-bond acceptors (Lipinski definition) is 9. The van der Waals surface area contributed by atoms with Gasteiger partial charge in [0.15, 0.2) is 17.2 Å². The van der Waals surface area contributed by atoms with E-state index in [9.17, 15) is 18.8 Å². The fraction of sp³-hybridized carbons (Fsp3) is 0.370. The summed E-state index contributed by atoms with van der Waals surface area (Å²) in [6, 6.07) is 4.85. The molecule has 1 aromatic carbocycles. The first kappa shape index (κ1) is 33.5. The van der Waals surface area contributed by atoms with Gasteiger partial charge in [0.2, 0.25) is 0 Å². The molecule has 1 atom stereocenters. The van der Waals surface area contributed by atoms with Gasteiger partial charge in [-0.2, -0.15) is 5.10 Å². The van der Waals surface area contributed by atoms with Gasteiger partial charge in [0.1, 0.15) is 11.9 Å². The van der Waals surface area contributed by atoms with Crippen molar-refractivity contribution in [1.82, 2.24) is 20.1 Å². The van der Waals surface area contributed by atoms with Crippen LogP contribution in [0, 0.1) is 5.82 Å². The topological polar surface area (TPSA) is 210 Å². The lowest BCUT2D eigenvalue weighted by Gasteiger charge is -2.22. The molecule has 13 nitrogen and oxygen atoms in total. The van der Waals surface area contributed by atoms with E-state index in [0.29, 0.717) is 22.4 Å². The summed E-state index contributed by atoms with van der Waals surface area (Å²) in [5.74, 6) is -4.99. The molecule has 7 N–H and O–H groups in total. The summed E-state index contributed by atoms with van der Waals surface area (Å²) in [4.78, 5) is 34.7. The van der Waals surface area contributed by atoms with Gasteiger partial charge in [-0.1, -0.05) is 23.2 Å². The van der Waals surface area contributed by atoms with Gasteiger partial charge in [-0.15, -0.1) is 0 Å². The summed E-state index contributed by atoms with van der Waals surface area (Å²) in [5.41, 5.74) is 5.38. The molecule has 0 unspecified atom stereocenters. The molecule has 1 fully saturated rings. The number of piperidine rings is 1. The number of nitrogens with one attached hydrogen (secondary N) is 1. The highest BCUT2D eigenvalue weighted by atomic mass is 35.5. The Labute approximate surface area is 255 Å². The van der Waals surface area contributed by atoms with E-state index < -0.39 is 48.3 Å². The highest BCUT2D eigenvalue weighted by Crippen LogP contribution is 2.37. The molecular formula is C27H30Cl2FN5O8. The first-order valence-electron chi connectivity index (χ1n) is 12.9. The average Bonchev–Trinajstić information content (AvgIpc) is 3.43. The summed E-state index contributed by atoms with van der Waals surface area (Å²) in [7, 11) is 0. The van der Waals surface area contributed by atoms with Gasteiger partial charge in [-0.3, -0.25) is 14.3 Å². The smallest absolute Gasteiger partial charge is 0.336 e. The van der Waals surface area contributed by atoms with Crippen LogP contribution in [0.4, 0.5) is 10.2 Å². The number of halogens is 3. The maximum atomic E-state index is 13.9. The van der Waals surface area contributed by atoms with E-state index in [1.807, 2.05) is 17.1 Å². The number of carboxylic acids is 3. The van der Waals surface area contributed by atoms with Gasteiger partial charge in [0.05, 0.1) is 30.1 Å². The van der Waals surface area contributed by atoms with E-state index in [2.05, 4.69) is 15.4 Å². The molecule has 0 spiro atoms. The molecule has 4 rings (SSSR count). The minimum Gasteiger partial charge on any atom is -0.482 e. The largest absolute Gasteiger partial charge is 0.482 e. The van der Waals surface area contributed by atoms with Gasteiger partial charge in [-0.05, 0) is 51.1 Å². The molecule has 232 valence electrons. The number of aromatic nitrogens is 3. The predicted molar refractivity (Wildman–Crippen MR) is 154 cm³/mol. The van der Waals surface area contributed by atoms with Gasteiger partial charge >= 0.3 is 17.9 Å². The minimum absolute atomic E-state index is 0.0686. The lowest BCUT2D eigenvalue weighted by molar-refractivity contribution is -0.170. The quantitative estimate of drug-likeness (QED) is 0.175. The van der Waals surface area contributed by atoms with Gasteiger partial charge < -0.3 is 36.2 Å². The van der Waals surface area contributed by atoms with E-state index in [1.165, 1.54) is 12.1 Å². The van der Waals surface area contributed by atoms with E-state index >= 15 is 0 Å². The zero-order valence-corrected chi connectivity index (χ0v) is 24.3. The van der Waals surface area contributed by atoms with Crippen LogP contribution in [0.5, 0.6) is 5.75 Å². The van der Waals surface area contributed by atoms with E-state index in [4.69, 9.17) is 54.1 Å². The number of rotatable bonds is 10. The van der Waals surface area contributed by atoms with Crippen molar-refractivity contribution in [3.63, 3.8) is 0 Å². The molecule has 1 saturated heterocycles. The second kappa shape index (κ2) is 14.5. The number of pyridine rings is 1. The maximum Gasteiger partial charge on any atom is 0.336 e. The molecule has 0 amide bonds. The van der Waals surface area contributed by atoms with E-state index in [1.54, 1.807) is 19.2 Å². The van der Waals surface area contributed by atoms with Crippen LogP contribution < -0.4 is 15.8 Å². The molecule has 3 heterocycles. The summed E-state index contributed by atoms with van der Waals surface area (Å²) in [6.45, 7) is 3.71. The third-order valence-corrected chi connectivity index (χ3v) is 7.29. The van der Waals surface area contributed by atoms with Crippen LogP contribution in [0.2, 0.25) is 10.0 Å². The van der Waals surface area contributed by atoms with Crippen LogP contribution >= 0.6 is 23.2 Å². The highest BCUT2D eigenvalue weighted by Gasteiger charge is 2.40. The van der Waals surface area contributed by atoms with Gasteiger partial charge in [-0.25, -0.2) is 14.2 Å². The van der Waals surface area contributed by atoms with Crippen molar-refractivity contribution in [2.24, 2.45) is 0 Å². The average molecular weight is 642 g/mol. The SMILES string of the molecule is C[C@@H](Oc1cc(-c2cnn(C3CCNCC3)c2)cnc1N)c1c(Cl)ccc(F)c1Cl.O=C(O)CC(O)(CC(=O)O)C(=O)O. The lowest BCUT2D eigenvalue weighted by atomic mass is 9.96. The second-order valence-corrected chi connectivity index (χ2v) is 10.6. The maximum absolute atomic E-state index is 13.9. The molecule has 0 radical (unpaired) electrons. The van der Waals surface area contributed by atoms with Crippen LogP contribution in [-0.2, 0) is 14.4 Å². The standard InChI is InChI=1S/C21H22Cl2FN5O.C6H8O7/c1-12(19-16(22)2-3-17(24)20(19)23)30-18-8-13(9-27-21(18)25)14-10-28-29(11-14)15-4-6-26-7-5-15;7-3(8)1-6(13,5(11)12)2-4(9)10/h2-3,8-12,15,26H,4-7H2,1H3,(H2,25,27);13H,1-2H2,(H,7,8)(H,9,10)(H,11,12)/t12-;/m1./s1. The molecule has 1 aliphatic rings. The number of nitrogen functional groups attached to an aromatic ring is 1. The number of hydrogen-bond donors (Lipinski definition) is 6. The number of carbonyl (C=O) groups is 3. The van der Waals surface area contributed by atoms with Crippen LogP contribution in [0.1, 0.15) is 50.3 Å². The van der Waals surface area contributed by atoms with Crippen LogP contribution in [0.15, 0.2) is 36.8 Å². The third-order valence-electron chi connectivity index (χ3n) is 6.57. The Hall–Kier alpha value is -3.98. The summed E-state index contributed by atoms with van der Waals surface area (Å²) >= 11 is 12.3. The van der Waals surface area contributed by atoms with Crippen molar-refractivity contribution < 1.29 is 43.9 Å². The van der Waals surface area contributed by atoms with Crippen LogP contribution in [0.3, 0.4) is 0 Å². The summed E-state index contributed by atoms with van der Waals surface area (Å²) < 4.78 is 21.9. The number of nitrogens with two attached hydrogens (primary N) is 1. The number of nitrogens with zero attached hydrogens (tertiary/aromatic N) is 3. The lowest BCUT2D eigenvalue weighted by Crippen LogP contribution is -2.42. The molecule has 0 saturated carbocycles. The first-order valence-corrected chi connectivity index (χ1v) is 13.7. The fourth-order valence-electron chi connectivity index (χ4n) is 4.34. The Morgan fingerprint density at radius 1 is 1.14 bits per heavy atom. The highest BCUT2D eigenvalue weighted by molar-refractivity contribution is 6.36. The number of anilines is 1. The molecule has 3 aromatic rings. The first-order chi connectivity index (χ1) is 20.2. The van der Waals surface area contributed by atoms with Crippen molar-refractivity contribution in [2.75, 3.05) is 18.8 Å². The summed E-state index contributed by atoms with van der Waals surface area (Å²) in [5, 5.41) is 41.9. The van der Waals surface area contributed by atoms with E-state index in [0.717, 1.165) is 37.1 Å². The third kappa shape index (κ3) is 8.76. The van der Waals surface area contributed by atoms with E-state index in [-0.39, 0.29) is 10.8 Å². The molecular weight excluding hydrogens is 612 g/mol.